The van der Waals surface area contributed by atoms with Gasteiger partial charge < -0.3 is 14.5 Å². The standard InChI is InChI=1S/C37H26F3N5O4S2/c1-21-31(33(46)42-24-13-7-4-8-14-24)32(23-12-9-15-25(18-23)48-2)45-34(47)28(50-36(45)41-21)19-26-16-17-30(49-26)51-35-43-27(22-10-5-3-6-11-22)20-29(44-35)37(38,39)40/h3-20,32H,1-2H3,(H,42,46)/b28-19+/t32-/m0/s1. The van der Waals surface area contributed by atoms with E-state index < -0.39 is 29.4 Å². The summed E-state index contributed by atoms with van der Waals surface area (Å²) in [5, 5.41) is 2.98. The highest BCUT2D eigenvalue weighted by Crippen LogP contribution is 2.35. The number of furan rings is 1. The minimum Gasteiger partial charge on any atom is -0.497 e. The molecule has 1 N–H and O–H groups in total. The third-order valence-corrected chi connectivity index (χ3v) is 9.61. The highest BCUT2D eigenvalue weighted by molar-refractivity contribution is 7.99. The molecule has 7 rings (SSSR count). The van der Waals surface area contributed by atoms with Crippen LogP contribution >= 0.6 is 23.1 Å². The number of halogens is 3. The lowest BCUT2D eigenvalue weighted by atomic mass is 9.95. The summed E-state index contributed by atoms with van der Waals surface area (Å²) in [6.07, 6.45) is -3.16. The van der Waals surface area contributed by atoms with Crippen LogP contribution in [0.4, 0.5) is 18.9 Å². The number of amides is 1. The van der Waals surface area contributed by atoms with Gasteiger partial charge in [-0.25, -0.2) is 15.0 Å². The van der Waals surface area contributed by atoms with Crippen molar-refractivity contribution in [2.75, 3.05) is 12.4 Å². The molecule has 9 nitrogen and oxygen atoms in total. The molecule has 0 bridgehead atoms. The van der Waals surface area contributed by atoms with E-state index in [4.69, 9.17) is 9.15 Å². The zero-order valence-corrected chi connectivity index (χ0v) is 28.5. The van der Waals surface area contributed by atoms with E-state index in [-0.39, 0.29) is 26.2 Å². The van der Waals surface area contributed by atoms with Crippen molar-refractivity contribution in [1.29, 1.82) is 0 Å². The monoisotopic (exact) mass is 725 g/mol. The molecule has 0 saturated heterocycles. The normalized spacial score (nSPS) is 14.6. The molecule has 4 heterocycles. The molecule has 0 radical (unpaired) electrons. The van der Waals surface area contributed by atoms with Crippen molar-refractivity contribution >= 4 is 40.8 Å². The summed E-state index contributed by atoms with van der Waals surface area (Å²) >= 11 is 1.94. The van der Waals surface area contributed by atoms with Crippen LogP contribution in [0.1, 0.15) is 30.0 Å². The maximum Gasteiger partial charge on any atom is 0.433 e. The Balaban J connectivity index is 1.25. The molecule has 1 aliphatic heterocycles. The van der Waals surface area contributed by atoms with Gasteiger partial charge in [0.1, 0.15) is 17.2 Å². The molecule has 0 saturated carbocycles. The Morgan fingerprint density at radius 3 is 2.45 bits per heavy atom. The fourth-order valence-electron chi connectivity index (χ4n) is 5.52. The van der Waals surface area contributed by atoms with E-state index in [1.165, 1.54) is 17.8 Å². The maximum absolute atomic E-state index is 14.1. The van der Waals surface area contributed by atoms with Crippen LogP contribution in [-0.2, 0) is 11.0 Å². The molecular formula is C37H26F3N5O4S2. The number of thiazole rings is 1. The Morgan fingerprint density at radius 1 is 0.980 bits per heavy atom. The fourth-order valence-corrected chi connectivity index (χ4v) is 7.29. The number of carbonyl (C=O) groups excluding carboxylic acids is 1. The maximum atomic E-state index is 14.1. The van der Waals surface area contributed by atoms with Crippen molar-refractivity contribution in [3.8, 4) is 17.0 Å². The van der Waals surface area contributed by atoms with Crippen molar-refractivity contribution in [1.82, 2.24) is 14.5 Å². The Morgan fingerprint density at radius 2 is 1.73 bits per heavy atom. The largest absolute Gasteiger partial charge is 0.497 e. The van der Waals surface area contributed by atoms with E-state index in [0.29, 0.717) is 38.6 Å². The van der Waals surface area contributed by atoms with Crippen molar-refractivity contribution in [2.24, 2.45) is 4.99 Å². The molecule has 0 spiro atoms. The van der Waals surface area contributed by atoms with Gasteiger partial charge in [-0.2, -0.15) is 13.2 Å². The van der Waals surface area contributed by atoms with E-state index in [9.17, 15) is 22.8 Å². The molecule has 1 amide bonds. The minimum atomic E-state index is -4.69. The molecule has 6 aromatic rings. The number of aromatic nitrogens is 3. The van der Waals surface area contributed by atoms with Crippen molar-refractivity contribution in [3.05, 3.63) is 151 Å². The number of methoxy groups -OCH3 is 1. The number of carbonyl (C=O) groups is 1. The minimum absolute atomic E-state index is 0.117. The molecular weight excluding hydrogens is 700 g/mol. The van der Waals surface area contributed by atoms with Crippen LogP contribution in [0.2, 0.25) is 0 Å². The second-order valence-corrected chi connectivity index (χ2v) is 13.2. The third-order valence-electron chi connectivity index (χ3n) is 7.84. The second kappa shape index (κ2) is 13.9. The molecule has 51 heavy (non-hydrogen) atoms. The number of fused-ring (bicyclic) bond motifs is 1. The van der Waals surface area contributed by atoms with Crippen molar-refractivity contribution < 1.29 is 27.1 Å². The summed E-state index contributed by atoms with van der Waals surface area (Å²) in [5.41, 5.74) is 1.09. The molecule has 3 aromatic heterocycles. The Labute approximate surface area is 296 Å². The molecule has 256 valence electrons. The summed E-state index contributed by atoms with van der Waals surface area (Å²) < 4.78 is 54.4. The molecule has 0 unspecified atom stereocenters. The van der Waals surface area contributed by atoms with Gasteiger partial charge in [-0.05, 0) is 66.7 Å². The van der Waals surface area contributed by atoms with Crippen molar-refractivity contribution in [2.45, 2.75) is 29.4 Å². The van der Waals surface area contributed by atoms with Crippen LogP contribution in [0.25, 0.3) is 17.3 Å². The second-order valence-electron chi connectivity index (χ2n) is 11.2. The van der Waals surface area contributed by atoms with Gasteiger partial charge in [0.05, 0.1) is 34.6 Å². The van der Waals surface area contributed by atoms with Gasteiger partial charge in [0.2, 0.25) is 0 Å². The van der Waals surface area contributed by atoms with E-state index in [1.807, 2.05) is 12.1 Å². The summed E-state index contributed by atoms with van der Waals surface area (Å²) in [4.78, 5) is 41.0. The Kier molecular flexibility index (Phi) is 9.19. The fraction of sp³-hybridized carbons (Fsp3) is 0.108. The first-order valence-corrected chi connectivity index (χ1v) is 17.0. The topological polar surface area (TPSA) is 112 Å². The van der Waals surface area contributed by atoms with Gasteiger partial charge in [-0.15, -0.1) is 0 Å². The number of benzene rings is 3. The van der Waals surface area contributed by atoms with Crippen LogP contribution in [0.15, 0.2) is 139 Å². The van der Waals surface area contributed by atoms with Crippen molar-refractivity contribution in [3.63, 3.8) is 0 Å². The summed E-state index contributed by atoms with van der Waals surface area (Å²) in [7, 11) is 1.53. The Hall–Kier alpha value is -5.73. The molecule has 1 atom stereocenters. The lowest BCUT2D eigenvalue weighted by Gasteiger charge is -2.25. The number of ether oxygens (including phenoxy) is 1. The summed E-state index contributed by atoms with van der Waals surface area (Å²) in [5.74, 6) is 0.409. The SMILES string of the molecule is COc1cccc([C@H]2C(C(=O)Nc3ccccc3)=C(C)N=c3s/c(=C/c4ccc(Sc5nc(-c6ccccc6)cc(C(F)(F)F)n5)o4)c(=O)n32)c1. The number of rotatable bonds is 8. The predicted octanol–water partition coefficient (Wildman–Crippen LogP) is 7.10. The zero-order valence-electron chi connectivity index (χ0n) is 26.8. The lowest BCUT2D eigenvalue weighted by molar-refractivity contribution is -0.141. The highest BCUT2D eigenvalue weighted by Gasteiger charge is 2.35. The van der Waals surface area contributed by atoms with Crippen LogP contribution in [0.5, 0.6) is 5.75 Å². The smallest absolute Gasteiger partial charge is 0.433 e. The zero-order chi connectivity index (χ0) is 35.7. The molecule has 14 heteroatoms. The highest BCUT2D eigenvalue weighted by atomic mass is 32.2. The van der Waals surface area contributed by atoms with Gasteiger partial charge in [0.15, 0.2) is 15.1 Å². The molecule has 0 aliphatic carbocycles. The molecule has 3 aromatic carbocycles. The van der Waals surface area contributed by atoms with E-state index in [1.54, 1.807) is 91.9 Å². The third kappa shape index (κ3) is 7.14. The summed E-state index contributed by atoms with van der Waals surface area (Å²) in [6.45, 7) is 1.72. The van der Waals surface area contributed by atoms with Crippen LogP contribution in [0, 0.1) is 0 Å². The first-order valence-electron chi connectivity index (χ1n) is 15.4. The van der Waals surface area contributed by atoms with E-state index in [2.05, 4.69) is 20.3 Å². The summed E-state index contributed by atoms with van der Waals surface area (Å²) in [6, 6.07) is 27.8. The molecule has 0 fully saturated rings. The number of nitrogens with zero attached hydrogens (tertiary/aromatic N) is 4. The molecule has 1 aliphatic rings. The van der Waals surface area contributed by atoms with Gasteiger partial charge >= 0.3 is 6.18 Å². The predicted molar refractivity (Wildman–Crippen MR) is 187 cm³/mol. The first kappa shape index (κ1) is 33.8. The van der Waals surface area contributed by atoms with Crippen LogP contribution in [-0.4, -0.2) is 27.6 Å². The first-order chi connectivity index (χ1) is 24.6. The lowest BCUT2D eigenvalue weighted by Crippen LogP contribution is -2.40. The van der Waals surface area contributed by atoms with Crippen LogP contribution in [0.3, 0.4) is 0 Å². The number of hydrogen-bond donors (Lipinski definition) is 1. The average molecular weight is 726 g/mol. The quantitative estimate of drug-likeness (QED) is 0.167. The number of para-hydroxylation sites is 1. The van der Waals surface area contributed by atoms with E-state index >= 15 is 0 Å². The Bertz CT molecular complexity index is 2480. The number of hydrogen-bond acceptors (Lipinski definition) is 9. The number of anilines is 1. The van der Waals surface area contributed by atoms with E-state index in [0.717, 1.165) is 29.2 Å². The van der Waals surface area contributed by atoms with Crippen LogP contribution < -0.4 is 24.9 Å². The number of alkyl halides is 3. The van der Waals surface area contributed by atoms with Gasteiger partial charge in [0.25, 0.3) is 11.5 Å². The van der Waals surface area contributed by atoms with Gasteiger partial charge in [-0.3, -0.25) is 14.2 Å². The number of allylic oxidation sites excluding steroid dienone is 1. The van der Waals surface area contributed by atoms with Gasteiger partial charge in [-0.1, -0.05) is 72.0 Å². The van der Waals surface area contributed by atoms with Gasteiger partial charge in [0, 0.05) is 17.3 Å². The average Bonchev–Trinajstić information content (AvgIpc) is 3.70. The number of nitrogens with one attached hydrogen (secondary N) is 1.